The van der Waals surface area contributed by atoms with Gasteiger partial charge in [0.2, 0.25) is 5.91 Å². The zero-order valence-corrected chi connectivity index (χ0v) is 14.9. The second-order valence-electron chi connectivity index (χ2n) is 6.26. The van der Waals surface area contributed by atoms with Gasteiger partial charge in [-0.3, -0.25) is 4.79 Å². The predicted molar refractivity (Wildman–Crippen MR) is 97.4 cm³/mol. The summed E-state index contributed by atoms with van der Waals surface area (Å²) >= 11 is 0. The molecule has 7 heteroatoms. The molecule has 0 radical (unpaired) electrons. The molecule has 0 spiro atoms. The number of hydrogen-bond acceptors (Lipinski definition) is 4. The zero-order chi connectivity index (χ0) is 14.7. The standard InChI is InChI=1S/C16H24N4O.2ClH/c17-16(7-8-16)15(21)19-12-13-5-6-14(18-11-13)20-9-3-1-2-4-10-20;;/h5-6,11H,1-4,7-10,12,17H2,(H,19,21);2*1H. The van der Waals surface area contributed by atoms with Crippen molar-refractivity contribution in [1.29, 1.82) is 0 Å². The van der Waals surface area contributed by atoms with Crippen LogP contribution in [0.1, 0.15) is 44.1 Å². The van der Waals surface area contributed by atoms with Crippen molar-refractivity contribution < 1.29 is 4.79 Å². The number of carbonyl (C=O) groups is 1. The minimum atomic E-state index is -0.598. The Morgan fingerprint density at radius 2 is 1.83 bits per heavy atom. The minimum Gasteiger partial charge on any atom is -0.357 e. The minimum absolute atomic E-state index is 0. The van der Waals surface area contributed by atoms with Crippen LogP contribution in [0.4, 0.5) is 5.82 Å². The topological polar surface area (TPSA) is 71.2 Å². The van der Waals surface area contributed by atoms with E-state index in [-0.39, 0.29) is 30.7 Å². The van der Waals surface area contributed by atoms with Gasteiger partial charge in [0.1, 0.15) is 5.82 Å². The van der Waals surface area contributed by atoms with Crippen molar-refractivity contribution in [3.8, 4) is 0 Å². The van der Waals surface area contributed by atoms with Crippen LogP contribution >= 0.6 is 24.8 Å². The number of nitrogens with two attached hydrogens (primary N) is 1. The molecule has 0 unspecified atom stereocenters. The van der Waals surface area contributed by atoms with Gasteiger partial charge in [-0.15, -0.1) is 24.8 Å². The van der Waals surface area contributed by atoms with Crippen molar-refractivity contribution in [2.45, 2.75) is 50.6 Å². The summed E-state index contributed by atoms with van der Waals surface area (Å²) in [6.45, 7) is 2.70. The lowest BCUT2D eigenvalue weighted by Gasteiger charge is -2.21. The first-order valence-electron chi connectivity index (χ1n) is 7.94. The average molecular weight is 361 g/mol. The monoisotopic (exact) mass is 360 g/mol. The predicted octanol–water partition coefficient (Wildman–Crippen LogP) is 2.41. The van der Waals surface area contributed by atoms with Crippen LogP contribution in [-0.2, 0) is 11.3 Å². The molecule has 1 aliphatic heterocycles. The van der Waals surface area contributed by atoms with Crippen molar-refractivity contribution in [2.75, 3.05) is 18.0 Å². The van der Waals surface area contributed by atoms with E-state index in [0.29, 0.717) is 6.54 Å². The highest BCUT2D eigenvalue weighted by Crippen LogP contribution is 2.32. The van der Waals surface area contributed by atoms with E-state index in [0.717, 1.165) is 37.3 Å². The summed E-state index contributed by atoms with van der Waals surface area (Å²) in [4.78, 5) is 18.7. The van der Waals surface area contributed by atoms with Crippen LogP contribution in [0.3, 0.4) is 0 Å². The molecule has 2 heterocycles. The highest BCUT2D eigenvalue weighted by Gasteiger charge is 2.45. The highest BCUT2D eigenvalue weighted by molar-refractivity contribution is 5.88. The van der Waals surface area contributed by atoms with Crippen LogP contribution in [0.2, 0.25) is 0 Å². The quantitative estimate of drug-likeness (QED) is 0.864. The molecule has 5 nitrogen and oxygen atoms in total. The van der Waals surface area contributed by atoms with Crippen molar-refractivity contribution in [2.24, 2.45) is 5.73 Å². The van der Waals surface area contributed by atoms with Crippen molar-refractivity contribution >= 4 is 36.5 Å². The van der Waals surface area contributed by atoms with Gasteiger partial charge in [0.25, 0.3) is 0 Å². The third-order valence-electron chi connectivity index (χ3n) is 4.43. The molecular weight excluding hydrogens is 335 g/mol. The Hall–Kier alpha value is -1.04. The number of nitrogens with zero attached hydrogens (tertiary/aromatic N) is 2. The van der Waals surface area contributed by atoms with Gasteiger partial charge in [-0.2, -0.15) is 0 Å². The summed E-state index contributed by atoms with van der Waals surface area (Å²) in [6.07, 6.45) is 8.59. The van der Waals surface area contributed by atoms with Crippen LogP contribution in [-0.4, -0.2) is 29.5 Å². The molecule has 3 rings (SSSR count). The number of halogens is 2. The number of anilines is 1. The number of hydrogen-bond donors (Lipinski definition) is 2. The number of pyridine rings is 1. The smallest absolute Gasteiger partial charge is 0.240 e. The maximum absolute atomic E-state index is 11.8. The third kappa shape index (κ3) is 5.23. The van der Waals surface area contributed by atoms with Crippen LogP contribution in [0.5, 0.6) is 0 Å². The molecule has 0 atom stereocenters. The molecule has 2 fully saturated rings. The first kappa shape index (κ1) is 20.0. The van der Waals surface area contributed by atoms with Gasteiger partial charge < -0.3 is 16.0 Å². The third-order valence-corrected chi connectivity index (χ3v) is 4.43. The largest absolute Gasteiger partial charge is 0.357 e. The lowest BCUT2D eigenvalue weighted by molar-refractivity contribution is -0.123. The van der Waals surface area contributed by atoms with Gasteiger partial charge in [0.05, 0.1) is 5.54 Å². The van der Waals surface area contributed by atoms with Crippen molar-refractivity contribution in [1.82, 2.24) is 10.3 Å². The normalized spacial score (nSPS) is 18.9. The molecule has 1 aromatic rings. The van der Waals surface area contributed by atoms with Gasteiger partial charge in [-0.25, -0.2) is 4.98 Å². The van der Waals surface area contributed by atoms with Crippen molar-refractivity contribution in [3.63, 3.8) is 0 Å². The summed E-state index contributed by atoms with van der Waals surface area (Å²) < 4.78 is 0. The number of nitrogens with one attached hydrogen (secondary N) is 1. The molecule has 1 saturated heterocycles. The highest BCUT2D eigenvalue weighted by atomic mass is 35.5. The summed E-state index contributed by atoms with van der Waals surface area (Å²) in [6, 6.07) is 4.10. The fraction of sp³-hybridized carbons (Fsp3) is 0.625. The number of rotatable bonds is 4. The van der Waals surface area contributed by atoms with Gasteiger partial charge in [0.15, 0.2) is 0 Å². The number of aromatic nitrogens is 1. The lowest BCUT2D eigenvalue weighted by Crippen LogP contribution is -2.42. The first-order valence-corrected chi connectivity index (χ1v) is 7.94. The molecule has 0 aromatic carbocycles. The van der Waals surface area contributed by atoms with Crippen molar-refractivity contribution in [3.05, 3.63) is 23.9 Å². The molecule has 1 aliphatic carbocycles. The Labute approximate surface area is 150 Å². The Balaban J connectivity index is 0.00000132. The second kappa shape index (κ2) is 8.71. The van der Waals surface area contributed by atoms with Crippen LogP contribution in [0, 0.1) is 0 Å². The fourth-order valence-corrected chi connectivity index (χ4v) is 2.73. The van der Waals surface area contributed by atoms with E-state index in [2.05, 4.69) is 21.3 Å². The Morgan fingerprint density at radius 1 is 1.17 bits per heavy atom. The van der Waals surface area contributed by atoms with E-state index in [4.69, 9.17) is 5.73 Å². The molecule has 130 valence electrons. The Bertz CT molecular complexity index is 497. The van der Waals surface area contributed by atoms with E-state index in [1.54, 1.807) is 0 Å². The molecule has 1 aromatic heterocycles. The van der Waals surface area contributed by atoms with Gasteiger partial charge in [0, 0.05) is 25.8 Å². The van der Waals surface area contributed by atoms with Gasteiger partial charge >= 0.3 is 0 Å². The Kier molecular flexibility index (Phi) is 7.58. The van der Waals surface area contributed by atoms with E-state index in [9.17, 15) is 4.79 Å². The molecule has 1 amide bonds. The van der Waals surface area contributed by atoms with Crippen LogP contribution < -0.4 is 16.0 Å². The van der Waals surface area contributed by atoms with E-state index in [1.165, 1.54) is 25.7 Å². The maximum Gasteiger partial charge on any atom is 0.240 e. The summed E-state index contributed by atoms with van der Waals surface area (Å²) in [5, 5.41) is 2.89. The van der Waals surface area contributed by atoms with Crippen LogP contribution in [0.15, 0.2) is 18.3 Å². The van der Waals surface area contributed by atoms with Gasteiger partial charge in [-0.1, -0.05) is 18.9 Å². The number of amides is 1. The average Bonchev–Trinajstić information content (AvgIpc) is 3.29. The summed E-state index contributed by atoms with van der Waals surface area (Å²) in [5.41, 5.74) is 6.28. The first-order chi connectivity index (χ1) is 10.2. The van der Waals surface area contributed by atoms with E-state index >= 15 is 0 Å². The maximum atomic E-state index is 11.8. The lowest BCUT2D eigenvalue weighted by atomic mass is 10.2. The van der Waals surface area contributed by atoms with E-state index in [1.807, 2.05) is 12.3 Å². The molecule has 0 bridgehead atoms. The second-order valence-corrected chi connectivity index (χ2v) is 6.26. The molecule has 1 saturated carbocycles. The Morgan fingerprint density at radius 3 is 2.35 bits per heavy atom. The van der Waals surface area contributed by atoms with Crippen LogP contribution in [0.25, 0.3) is 0 Å². The molecular formula is C16H26Cl2N4O. The van der Waals surface area contributed by atoms with E-state index < -0.39 is 5.54 Å². The summed E-state index contributed by atoms with van der Waals surface area (Å²) in [5.74, 6) is 1.00. The fourth-order valence-electron chi connectivity index (χ4n) is 2.73. The molecule has 2 aliphatic rings. The molecule has 23 heavy (non-hydrogen) atoms. The zero-order valence-electron chi connectivity index (χ0n) is 13.3. The number of carbonyl (C=O) groups excluding carboxylic acids is 1. The summed E-state index contributed by atoms with van der Waals surface area (Å²) in [7, 11) is 0. The van der Waals surface area contributed by atoms with Gasteiger partial charge in [-0.05, 0) is 37.3 Å². The SMILES string of the molecule is Cl.Cl.NC1(C(=O)NCc2ccc(N3CCCCCC3)nc2)CC1. The molecule has 3 N–H and O–H groups in total.